The fourth-order valence-electron chi connectivity index (χ4n) is 4.94. The molecule has 11 heteroatoms. The number of methoxy groups -OCH3 is 1. The van der Waals surface area contributed by atoms with Crippen LogP contribution in [0.5, 0.6) is 17.2 Å². The highest BCUT2D eigenvalue weighted by Crippen LogP contribution is 2.39. The van der Waals surface area contributed by atoms with E-state index in [9.17, 15) is 0 Å². The molecule has 2 aliphatic rings. The van der Waals surface area contributed by atoms with Crippen molar-refractivity contribution in [3.05, 3.63) is 83.2 Å². The summed E-state index contributed by atoms with van der Waals surface area (Å²) in [6.45, 7) is 9.93. The maximum Gasteiger partial charge on any atom is 0.205 e. The van der Waals surface area contributed by atoms with Crippen molar-refractivity contribution in [1.29, 1.82) is 0 Å². The zero-order valence-corrected chi connectivity index (χ0v) is 29.6. The van der Waals surface area contributed by atoms with Crippen LogP contribution in [-0.4, -0.2) is 25.5 Å². The predicted molar refractivity (Wildman–Crippen MR) is 171 cm³/mol. The Hall–Kier alpha value is -1.70. The largest absolute Gasteiger partial charge is 0.467 e. The van der Waals surface area contributed by atoms with Crippen LogP contribution in [0.15, 0.2) is 49.8 Å². The van der Waals surface area contributed by atoms with Crippen LogP contribution < -0.4 is 14.2 Å². The number of ether oxygens (including phenoxy) is 8. The molecule has 0 spiro atoms. The number of hydrogen-bond acceptors (Lipinski definition) is 8. The van der Waals surface area contributed by atoms with Crippen LogP contribution in [0.4, 0.5) is 0 Å². The van der Waals surface area contributed by atoms with Crippen molar-refractivity contribution >= 4 is 47.8 Å². The minimum Gasteiger partial charge on any atom is -0.467 e. The van der Waals surface area contributed by atoms with Gasteiger partial charge in [-0.25, -0.2) is 0 Å². The molecule has 5 rings (SSSR count). The lowest BCUT2D eigenvalue weighted by Crippen LogP contribution is -2.35. The highest BCUT2D eigenvalue weighted by atomic mass is 79.9. The highest BCUT2D eigenvalue weighted by Gasteiger charge is 2.31. The van der Waals surface area contributed by atoms with Crippen molar-refractivity contribution in [2.75, 3.05) is 13.9 Å². The molecular formula is C32H35Br3O8. The second kappa shape index (κ2) is 13.7. The molecule has 8 nitrogen and oxygen atoms in total. The van der Waals surface area contributed by atoms with Crippen molar-refractivity contribution in [3.8, 4) is 17.2 Å². The Morgan fingerprint density at radius 1 is 0.628 bits per heavy atom. The second-order valence-corrected chi connectivity index (χ2v) is 14.0. The van der Waals surface area contributed by atoms with Crippen molar-refractivity contribution < 1.29 is 37.9 Å². The SMILES string of the molecule is COCOc1c(COCc2cc(Br)cc3c2OC(C)(C)OC3)cc(Br)cc1COCc1cc(Br)cc2c1OC(C)(C)OC2. The normalized spacial score (nSPS) is 16.6. The fraction of sp³-hybridized carbons (Fsp3) is 0.438. The standard InChI is InChI=1S/C32H35Br3O8/c1-31(2)40-16-23-10-26(34)8-21(29(23)42-31)14-37-12-19-6-25(33)7-20(28(19)39-18-36-5)13-38-15-22-9-27(35)11-24-17-41-32(3,4)43-30(22)24/h6-11H,12-18H2,1-5H3. The lowest BCUT2D eigenvalue weighted by Gasteiger charge is -2.34. The average Bonchev–Trinajstić information content (AvgIpc) is 2.92. The third-order valence-corrected chi connectivity index (χ3v) is 8.19. The van der Waals surface area contributed by atoms with Gasteiger partial charge in [0.15, 0.2) is 6.79 Å². The molecule has 3 aromatic rings. The van der Waals surface area contributed by atoms with E-state index in [2.05, 4.69) is 47.8 Å². The van der Waals surface area contributed by atoms with Gasteiger partial charge in [0.25, 0.3) is 0 Å². The zero-order chi connectivity index (χ0) is 30.8. The van der Waals surface area contributed by atoms with E-state index in [1.165, 1.54) is 0 Å². The van der Waals surface area contributed by atoms with E-state index >= 15 is 0 Å². The molecule has 2 aliphatic heterocycles. The van der Waals surface area contributed by atoms with Crippen molar-refractivity contribution in [2.45, 2.75) is 78.9 Å². The van der Waals surface area contributed by atoms with Crippen molar-refractivity contribution in [3.63, 3.8) is 0 Å². The molecule has 0 bridgehead atoms. The van der Waals surface area contributed by atoms with Crippen LogP contribution in [0.2, 0.25) is 0 Å². The van der Waals surface area contributed by atoms with E-state index in [1.807, 2.05) is 64.1 Å². The van der Waals surface area contributed by atoms with Crippen molar-refractivity contribution in [1.82, 2.24) is 0 Å². The summed E-state index contributed by atoms with van der Waals surface area (Å²) in [6, 6.07) is 12.0. The van der Waals surface area contributed by atoms with Gasteiger partial charge in [-0.3, -0.25) is 0 Å². The quantitative estimate of drug-likeness (QED) is 0.179. The van der Waals surface area contributed by atoms with E-state index in [0.29, 0.717) is 45.4 Å². The summed E-state index contributed by atoms with van der Waals surface area (Å²) >= 11 is 10.9. The van der Waals surface area contributed by atoms with Crippen LogP contribution in [0.25, 0.3) is 0 Å². The summed E-state index contributed by atoms with van der Waals surface area (Å²) in [5.74, 6) is 0.844. The summed E-state index contributed by atoms with van der Waals surface area (Å²) in [6.07, 6.45) is 0. The lowest BCUT2D eigenvalue weighted by atomic mass is 10.1. The van der Waals surface area contributed by atoms with Gasteiger partial charge >= 0.3 is 0 Å². The van der Waals surface area contributed by atoms with Gasteiger partial charge in [0.1, 0.15) is 17.2 Å². The van der Waals surface area contributed by atoms with Gasteiger partial charge in [-0.05, 0) is 36.4 Å². The Kier molecular flexibility index (Phi) is 10.4. The van der Waals surface area contributed by atoms with Crippen molar-refractivity contribution in [2.24, 2.45) is 0 Å². The minimum atomic E-state index is -0.707. The van der Waals surface area contributed by atoms with E-state index in [1.54, 1.807) is 7.11 Å². The fourth-order valence-corrected chi connectivity index (χ4v) is 6.60. The van der Waals surface area contributed by atoms with Gasteiger partial charge in [0.05, 0.1) is 39.6 Å². The Balaban J connectivity index is 1.31. The smallest absolute Gasteiger partial charge is 0.205 e. The van der Waals surface area contributed by atoms with E-state index in [0.717, 1.165) is 58.3 Å². The molecule has 0 fully saturated rings. The molecule has 0 amide bonds. The summed E-state index contributed by atoms with van der Waals surface area (Å²) in [5.41, 5.74) is 5.55. The molecule has 232 valence electrons. The average molecular weight is 787 g/mol. The Morgan fingerprint density at radius 3 is 1.47 bits per heavy atom. The number of halogens is 3. The van der Waals surface area contributed by atoms with Crippen LogP contribution in [0.1, 0.15) is 61.1 Å². The number of hydrogen-bond donors (Lipinski definition) is 0. The molecule has 0 aromatic heterocycles. The molecule has 2 heterocycles. The summed E-state index contributed by atoms with van der Waals surface area (Å²) < 4.78 is 50.5. The van der Waals surface area contributed by atoms with Gasteiger partial charge < -0.3 is 37.9 Å². The zero-order valence-electron chi connectivity index (χ0n) is 24.8. The Bertz CT molecular complexity index is 1370. The maximum atomic E-state index is 6.24. The molecule has 0 saturated carbocycles. The van der Waals surface area contributed by atoms with Gasteiger partial charge in [-0.1, -0.05) is 47.8 Å². The van der Waals surface area contributed by atoms with E-state index in [4.69, 9.17) is 37.9 Å². The third kappa shape index (κ3) is 8.32. The molecule has 0 atom stereocenters. The minimum absolute atomic E-state index is 0.0890. The summed E-state index contributed by atoms with van der Waals surface area (Å²) in [4.78, 5) is 0. The second-order valence-electron chi connectivity index (χ2n) is 11.3. The van der Waals surface area contributed by atoms with Crippen LogP contribution >= 0.6 is 47.8 Å². The Morgan fingerprint density at radius 2 is 1.02 bits per heavy atom. The monoisotopic (exact) mass is 784 g/mol. The molecule has 3 aromatic carbocycles. The molecule has 0 unspecified atom stereocenters. The molecule has 0 radical (unpaired) electrons. The first-order valence-electron chi connectivity index (χ1n) is 13.8. The summed E-state index contributed by atoms with van der Waals surface area (Å²) in [7, 11) is 1.59. The number of benzene rings is 3. The van der Waals surface area contributed by atoms with E-state index in [-0.39, 0.29) is 6.79 Å². The van der Waals surface area contributed by atoms with Gasteiger partial charge in [0.2, 0.25) is 11.6 Å². The van der Waals surface area contributed by atoms with Crippen LogP contribution in [0, 0.1) is 0 Å². The van der Waals surface area contributed by atoms with Gasteiger partial charge in [-0.2, -0.15) is 0 Å². The van der Waals surface area contributed by atoms with Crippen LogP contribution in [0.3, 0.4) is 0 Å². The van der Waals surface area contributed by atoms with Crippen LogP contribution in [-0.2, 0) is 63.3 Å². The topological polar surface area (TPSA) is 73.8 Å². The molecule has 0 saturated heterocycles. The molecule has 0 N–H and O–H groups in total. The predicted octanol–water partition coefficient (Wildman–Crippen LogP) is 8.68. The molecular weight excluding hydrogens is 752 g/mol. The molecule has 43 heavy (non-hydrogen) atoms. The van der Waals surface area contributed by atoms with Gasteiger partial charge in [0, 0.05) is 81.6 Å². The first kappa shape index (κ1) is 32.7. The third-order valence-electron chi connectivity index (χ3n) is 6.82. The Labute approximate surface area is 277 Å². The van der Waals surface area contributed by atoms with Gasteiger partial charge in [-0.15, -0.1) is 0 Å². The molecule has 0 aliphatic carbocycles. The first-order valence-corrected chi connectivity index (χ1v) is 16.2. The maximum absolute atomic E-state index is 6.24. The van der Waals surface area contributed by atoms with E-state index < -0.39 is 11.6 Å². The number of rotatable bonds is 11. The lowest BCUT2D eigenvalue weighted by molar-refractivity contribution is -0.181. The number of fused-ring (bicyclic) bond motifs is 2. The first-order chi connectivity index (χ1) is 20.4. The summed E-state index contributed by atoms with van der Waals surface area (Å²) in [5, 5.41) is 0. The highest BCUT2D eigenvalue weighted by molar-refractivity contribution is 9.11.